The molecule has 0 unspecified atom stereocenters. The molecular formula is C16H27NO. The molecule has 1 heterocycles. The molecule has 2 nitrogen and oxygen atoms in total. The highest BCUT2D eigenvalue weighted by atomic mass is 16.3. The van der Waals surface area contributed by atoms with Gasteiger partial charge in [0.15, 0.2) is 0 Å². The molecule has 1 aliphatic carbocycles. The van der Waals surface area contributed by atoms with Gasteiger partial charge in [0.2, 0.25) is 0 Å². The van der Waals surface area contributed by atoms with Crippen molar-refractivity contribution >= 4 is 0 Å². The van der Waals surface area contributed by atoms with Crippen molar-refractivity contribution in [3.05, 3.63) is 24.2 Å². The van der Waals surface area contributed by atoms with Gasteiger partial charge in [0.25, 0.3) is 0 Å². The lowest BCUT2D eigenvalue weighted by atomic mass is 9.70. The molecule has 1 fully saturated rings. The molecule has 102 valence electrons. The van der Waals surface area contributed by atoms with E-state index in [4.69, 9.17) is 4.42 Å². The van der Waals surface area contributed by atoms with Gasteiger partial charge in [0.05, 0.1) is 12.5 Å². The van der Waals surface area contributed by atoms with Crippen molar-refractivity contribution in [1.82, 2.24) is 5.32 Å². The van der Waals surface area contributed by atoms with E-state index in [-0.39, 0.29) is 0 Å². The van der Waals surface area contributed by atoms with E-state index < -0.39 is 0 Å². The molecule has 0 bridgehead atoms. The lowest BCUT2D eigenvalue weighted by molar-refractivity contribution is 0.178. The van der Waals surface area contributed by atoms with Crippen LogP contribution in [0.4, 0.5) is 0 Å². The summed E-state index contributed by atoms with van der Waals surface area (Å²) in [5.41, 5.74) is 1.83. The minimum Gasteiger partial charge on any atom is -0.472 e. The topological polar surface area (TPSA) is 25.2 Å². The first-order valence-electron chi connectivity index (χ1n) is 7.42. The Bertz CT molecular complexity index is 323. The summed E-state index contributed by atoms with van der Waals surface area (Å²) in [6.07, 6.45) is 11.8. The van der Waals surface area contributed by atoms with Gasteiger partial charge in [-0.3, -0.25) is 0 Å². The number of rotatable bonds is 6. The predicted molar refractivity (Wildman–Crippen MR) is 75.6 cm³/mol. The van der Waals surface area contributed by atoms with Crippen LogP contribution in [0.3, 0.4) is 0 Å². The van der Waals surface area contributed by atoms with Crippen LogP contribution in [-0.2, 0) is 6.42 Å². The number of furan rings is 1. The summed E-state index contributed by atoms with van der Waals surface area (Å²) in [5, 5.41) is 3.68. The number of nitrogens with one attached hydrogen (secondary N) is 1. The zero-order valence-electron chi connectivity index (χ0n) is 11.9. The lowest BCUT2D eigenvalue weighted by Crippen LogP contribution is -2.39. The first-order valence-corrected chi connectivity index (χ1v) is 7.42. The van der Waals surface area contributed by atoms with E-state index in [1.165, 1.54) is 44.1 Å². The van der Waals surface area contributed by atoms with Crippen molar-refractivity contribution in [2.45, 2.75) is 52.4 Å². The van der Waals surface area contributed by atoms with E-state index in [1.54, 1.807) is 6.26 Å². The van der Waals surface area contributed by atoms with Crippen LogP contribution in [0, 0.1) is 11.3 Å². The van der Waals surface area contributed by atoms with Crippen molar-refractivity contribution in [2.24, 2.45) is 11.3 Å². The zero-order valence-corrected chi connectivity index (χ0v) is 11.9. The molecule has 18 heavy (non-hydrogen) atoms. The van der Waals surface area contributed by atoms with Gasteiger partial charge >= 0.3 is 0 Å². The monoisotopic (exact) mass is 249 g/mol. The normalized spacial score (nSPS) is 19.3. The zero-order chi connectivity index (χ0) is 12.8. The summed E-state index contributed by atoms with van der Waals surface area (Å²) in [6.45, 7) is 6.84. The van der Waals surface area contributed by atoms with E-state index in [2.05, 4.69) is 25.2 Å². The average molecular weight is 249 g/mol. The Hall–Kier alpha value is -0.760. The van der Waals surface area contributed by atoms with Gasteiger partial charge in [-0.2, -0.15) is 0 Å². The fraction of sp³-hybridized carbons (Fsp3) is 0.750. The van der Waals surface area contributed by atoms with Crippen LogP contribution in [-0.4, -0.2) is 13.1 Å². The van der Waals surface area contributed by atoms with Crippen molar-refractivity contribution in [3.8, 4) is 0 Å². The van der Waals surface area contributed by atoms with E-state index >= 15 is 0 Å². The highest BCUT2D eigenvalue weighted by Crippen LogP contribution is 2.38. The molecule has 0 aliphatic heterocycles. The van der Waals surface area contributed by atoms with Crippen LogP contribution >= 0.6 is 0 Å². The molecule has 1 N–H and O–H groups in total. The van der Waals surface area contributed by atoms with Crippen LogP contribution in [0.25, 0.3) is 0 Å². The standard InChI is InChI=1S/C16H27NO/c1-14(2)11-17-13-16(7-4-3-5-8-16)10-15-6-9-18-12-15/h6,9,12,14,17H,3-5,7-8,10-11,13H2,1-2H3. The Morgan fingerprint density at radius 2 is 2.06 bits per heavy atom. The summed E-state index contributed by atoms with van der Waals surface area (Å²) in [5.74, 6) is 0.736. The molecule has 1 aromatic rings. The third kappa shape index (κ3) is 3.88. The van der Waals surface area contributed by atoms with Crippen molar-refractivity contribution in [2.75, 3.05) is 13.1 Å². The molecule has 0 spiro atoms. The van der Waals surface area contributed by atoms with Crippen LogP contribution in [0.2, 0.25) is 0 Å². The fourth-order valence-electron chi connectivity index (χ4n) is 3.17. The molecule has 0 atom stereocenters. The Labute approximate surface area is 111 Å². The predicted octanol–water partition coefficient (Wildman–Crippen LogP) is 4.02. The molecule has 1 saturated carbocycles. The summed E-state index contributed by atoms with van der Waals surface area (Å²) >= 11 is 0. The van der Waals surface area contributed by atoms with Crippen LogP contribution in [0.1, 0.15) is 51.5 Å². The first kappa shape index (κ1) is 13.7. The molecule has 2 rings (SSSR count). The van der Waals surface area contributed by atoms with Crippen molar-refractivity contribution in [1.29, 1.82) is 0 Å². The van der Waals surface area contributed by atoms with Crippen LogP contribution in [0.15, 0.2) is 23.0 Å². The smallest absolute Gasteiger partial charge is 0.0934 e. The maximum atomic E-state index is 5.22. The van der Waals surface area contributed by atoms with Gasteiger partial charge in [-0.15, -0.1) is 0 Å². The minimum absolute atomic E-state index is 0.469. The summed E-state index contributed by atoms with van der Waals surface area (Å²) in [4.78, 5) is 0. The van der Waals surface area contributed by atoms with Gasteiger partial charge in [0.1, 0.15) is 0 Å². The maximum Gasteiger partial charge on any atom is 0.0934 e. The molecule has 2 heteroatoms. The largest absolute Gasteiger partial charge is 0.472 e. The second kappa shape index (κ2) is 6.42. The fourth-order valence-corrected chi connectivity index (χ4v) is 3.17. The average Bonchev–Trinajstić information content (AvgIpc) is 2.82. The second-order valence-electron chi connectivity index (χ2n) is 6.39. The van der Waals surface area contributed by atoms with E-state index in [1.807, 2.05) is 6.26 Å². The van der Waals surface area contributed by atoms with E-state index in [0.717, 1.165) is 19.0 Å². The van der Waals surface area contributed by atoms with Crippen LogP contribution < -0.4 is 5.32 Å². The van der Waals surface area contributed by atoms with Gasteiger partial charge in [-0.1, -0.05) is 33.1 Å². The van der Waals surface area contributed by atoms with Crippen molar-refractivity contribution < 1.29 is 4.42 Å². The molecule has 1 aliphatic rings. The summed E-state index contributed by atoms with van der Waals surface area (Å²) in [7, 11) is 0. The Balaban J connectivity index is 1.94. The maximum absolute atomic E-state index is 5.22. The quantitative estimate of drug-likeness (QED) is 0.823. The molecule has 0 radical (unpaired) electrons. The Kier molecular flexibility index (Phi) is 4.87. The Morgan fingerprint density at radius 1 is 1.28 bits per heavy atom. The van der Waals surface area contributed by atoms with Gasteiger partial charge in [-0.25, -0.2) is 0 Å². The molecular weight excluding hydrogens is 222 g/mol. The number of hydrogen-bond acceptors (Lipinski definition) is 2. The van der Waals surface area contributed by atoms with Crippen LogP contribution in [0.5, 0.6) is 0 Å². The van der Waals surface area contributed by atoms with Gasteiger partial charge in [0, 0.05) is 6.54 Å². The molecule has 1 aromatic heterocycles. The number of hydrogen-bond donors (Lipinski definition) is 1. The first-order chi connectivity index (χ1) is 8.70. The highest BCUT2D eigenvalue weighted by molar-refractivity contribution is 5.09. The van der Waals surface area contributed by atoms with Gasteiger partial charge in [-0.05, 0) is 48.8 Å². The highest BCUT2D eigenvalue weighted by Gasteiger charge is 2.32. The summed E-state index contributed by atoms with van der Waals surface area (Å²) < 4.78 is 5.22. The Morgan fingerprint density at radius 3 is 2.67 bits per heavy atom. The van der Waals surface area contributed by atoms with Gasteiger partial charge < -0.3 is 9.73 Å². The SMILES string of the molecule is CC(C)CNCC1(Cc2ccoc2)CCCCC1. The molecule has 0 saturated heterocycles. The molecule has 0 amide bonds. The third-order valence-corrected chi connectivity index (χ3v) is 4.13. The van der Waals surface area contributed by atoms with Crippen molar-refractivity contribution in [3.63, 3.8) is 0 Å². The summed E-state index contributed by atoms with van der Waals surface area (Å²) in [6, 6.07) is 2.12. The van der Waals surface area contributed by atoms with E-state index in [0.29, 0.717) is 5.41 Å². The second-order valence-corrected chi connectivity index (χ2v) is 6.39. The third-order valence-electron chi connectivity index (χ3n) is 4.13. The van der Waals surface area contributed by atoms with E-state index in [9.17, 15) is 0 Å². The molecule has 0 aromatic carbocycles. The minimum atomic E-state index is 0.469. The lowest BCUT2D eigenvalue weighted by Gasteiger charge is -2.37.